The number of nitrogens with one attached hydrogen (secondary N) is 1. The fourth-order valence-corrected chi connectivity index (χ4v) is 2.42. The first-order valence-corrected chi connectivity index (χ1v) is 6.46. The maximum Gasteiger partial charge on any atom is 0.184 e. The van der Waals surface area contributed by atoms with Crippen LogP contribution in [0.4, 0.5) is 0 Å². The average Bonchev–Trinajstić information content (AvgIpc) is 3.00. The van der Waals surface area contributed by atoms with Gasteiger partial charge in [0.1, 0.15) is 18.1 Å². The van der Waals surface area contributed by atoms with Crippen molar-refractivity contribution in [2.45, 2.75) is 20.1 Å². The van der Waals surface area contributed by atoms with E-state index in [-0.39, 0.29) is 0 Å². The molecule has 1 N–H and O–H groups in total. The van der Waals surface area contributed by atoms with E-state index in [2.05, 4.69) is 31.0 Å². The largest absolute Gasteiger partial charge is 0.485 e. The lowest BCUT2D eigenvalue weighted by Gasteiger charge is -2.06. The van der Waals surface area contributed by atoms with E-state index in [4.69, 9.17) is 4.74 Å². The van der Waals surface area contributed by atoms with E-state index in [1.807, 2.05) is 31.2 Å². The smallest absolute Gasteiger partial charge is 0.184 e. The molecule has 0 unspecified atom stereocenters. The second-order valence-corrected chi connectivity index (χ2v) is 4.86. The van der Waals surface area contributed by atoms with E-state index in [1.54, 1.807) is 0 Å². The molecule has 1 aliphatic heterocycles. The van der Waals surface area contributed by atoms with Crippen LogP contribution in [0.5, 0.6) is 5.75 Å². The summed E-state index contributed by atoms with van der Waals surface area (Å²) < 4.78 is 7.83. The minimum atomic E-state index is 0.424. The number of aryl methyl sites for hydroxylation is 1. The van der Waals surface area contributed by atoms with Crippen molar-refractivity contribution in [2.24, 2.45) is 0 Å². The molecular formula is C14H13N5O. The highest BCUT2D eigenvalue weighted by molar-refractivity contribution is 5.50. The van der Waals surface area contributed by atoms with Gasteiger partial charge in [0.25, 0.3) is 0 Å². The molecular weight excluding hydrogens is 254 g/mol. The Kier molecular flexibility index (Phi) is 2.35. The first-order valence-electron chi connectivity index (χ1n) is 6.46. The Morgan fingerprint density at radius 1 is 1.25 bits per heavy atom. The van der Waals surface area contributed by atoms with Crippen molar-refractivity contribution in [3.8, 4) is 17.3 Å². The second-order valence-electron chi connectivity index (χ2n) is 4.86. The van der Waals surface area contributed by atoms with Crippen LogP contribution in [0.2, 0.25) is 0 Å². The van der Waals surface area contributed by atoms with Gasteiger partial charge in [0.05, 0.1) is 6.54 Å². The third-order valence-corrected chi connectivity index (χ3v) is 3.42. The van der Waals surface area contributed by atoms with Crippen molar-refractivity contribution in [3.63, 3.8) is 0 Å². The molecule has 20 heavy (non-hydrogen) atoms. The van der Waals surface area contributed by atoms with Crippen LogP contribution in [0, 0.1) is 6.92 Å². The van der Waals surface area contributed by atoms with Crippen LogP contribution in [0.15, 0.2) is 30.3 Å². The number of H-pyrrole nitrogens is 1. The van der Waals surface area contributed by atoms with Crippen molar-refractivity contribution in [1.29, 1.82) is 0 Å². The van der Waals surface area contributed by atoms with Gasteiger partial charge in [-0.3, -0.25) is 5.10 Å². The van der Waals surface area contributed by atoms with Gasteiger partial charge in [0.15, 0.2) is 11.6 Å². The van der Waals surface area contributed by atoms with E-state index < -0.39 is 0 Å². The molecule has 3 aromatic rings. The molecule has 0 spiro atoms. The van der Waals surface area contributed by atoms with E-state index in [0.29, 0.717) is 13.2 Å². The van der Waals surface area contributed by atoms with Crippen LogP contribution in [-0.2, 0) is 13.2 Å². The summed E-state index contributed by atoms with van der Waals surface area (Å²) in [7, 11) is 0. The zero-order valence-corrected chi connectivity index (χ0v) is 11.0. The predicted octanol–water partition coefficient (Wildman–Crippen LogP) is 1.92. The molecule has 0 radical (unpaired) electrons. The van der Waals surface area contributed by atoms with Gasteiger partial charge in [-0.15, -0.1) is 10.2 Å². The molecule has 0 aliphatic carbocycles. The number of ether oxygens (including phenoxy) is 1. The molecule has 0 fully saturated rings. The molecule has 1 aromatic carbocycles. The van der Waals surface area contributed by atoms with Crippen molar-refractivity contribution < 1.29 is 4.74 Å². The fourth-order valence-electron chi connectivity index (χ4n) is 2.42. The zero-order valence-electron chi connectivity index (χ0n) is 11.0. The van der Waals surface area contributed by atoms with Crippen LogP contribution in [0.3, 0.4) is 0 Å². The van der Waals surface area contributed by atoms with E-state index in [9.17, 15) is 0 Å². The second kappa shape index (κ2) is 4.19. The summed E-state index contributed by atoms with van der Waals surface area (Å²) in [6, 6.07) is 9.99. The van der Waals surface area contributed by atoms with Gasteiger partial charge in [-0.25, -0.2) is 0 Å². The van der Waals surface area contributed by atoms with Gasteiger partial charge in [0, 0.05) is 11.3 Å². The normalized spacial score (nSPS) is 13.2. The standard InChI is InChI=1S/C14H13N5O/c1-9-6-11(16-15-9)14-18-17-13-8-20-12-5-3-2-4-10(12)7-19(13)14/h2-6H,7-8H2,1H3,(H,15,16). The first-order chi connectivity index (χ1) is 9.81. The van der Waals surface area contributed by atoms with Gasteiger partial charge in [-0.2, -0.15) is 5.10 Å². The van der Waals surface area contributed by atoms with Gasteiger partial charge in [-0.05, 0) is 19.1 Å². The topological polar surface area (TPSA) is 68.6 Å². The van der Waals surface area contributed by atoms with Crippen molar-refractivity contribution in [3.05, 3.63) is 47.4 Å². The third-order valence-electron chi connectivity index (χ3n) is 3.42. The molecule has 100 valence electrons. The summed E-state index contributed by atoms with van der Waals surface area (Å²) in [5.74, 6) is 2.49. The molecule has 0 saturated heterocycles. The van der Waals surface area contributed by atoms with Crippen LogP contribution >= 0.6 is 0 Å². The van der Waals surface area contributed by atoms with E-state index in [1.165, 1.54) is 0 Å². The summed E-state index contributed by atoms with van der Waals surface area (Å²) in [4.78, 5) is 0. The summed E-state index contributed by atoms with van der Waals surface area (Å²) >= 11 is 0. The fraction of sp³-hybridized carbons (Fsp3) is 0.214. The lowest BCUT2D eigenvalue weighted by Crippen LogP contribution is -2.05. The van der Waals surface area contributed by atoms with E-state index >= 15 is 0 Å². The van der Waals surface area contributed by atoms with Gasteiger partial charge in [-0.1, -0.05) is 18.2 Å². The summed E-state index contributed by atoms with van der Waals surface area (Å²) in [5.41, 5.74) is 2.93. The molecule has 1 aliphatic rings. The van der Waals surface area contributed by atoms with Gasteiger partial charge in [0.2, 0.25) is 0 Å². The number of para-hydroxylation sites is 1. The maximum atomic E-state index is 5.78. The monoisotopic (exact) mass is 267 g/mol. The minimum absolute atomic E-state index is 0.424. The molecule has 0 saturated carbocycles. The predicted molar refractivity (Wildman–Crippen MR) is 72.2 cm³/mol. The first kappa shape index (κ1) is 11.2. The minimum Gasteiger partial charge on any atom is -0.485 e. The third kappa shape index (κ3) is 1.69. The number of fused-ring (bicyclic) bond motifs is 2. The highest BCUT2D eigenvalue weighted by atomic mass is 16.5. The Labute approximate surface area is 115 Å². The quantitative estimate of drug-likeness (QED) is 0.731. The van der Waals surface area contributed by atoms with Crippen molar-refractivity contribution in [1.82, 2.24) is 25.0 Å². The number of aromatic amines is 1. The Morgan fingerprint density at radius 2 is 2.15 bits per heavy atom. The number of nitrogens with zero attached hydrogens (tertiary/aromatic N) is 4. The van der Waals surface area contributed by atoms with Gasteiger partial charge < -0.3 is 9.30 Å². The summed E-state index contributed by atoms with van der Waals surface area (Å²) in [6.07, 6.45) is 0. The van der Waals surface area contributed by atoms with Crippen LogP contribution in [0.1, 0.15) is 17.1 Å². The molecule has 6 heteroatoms. The van der Waals surface area contributed by atoms with Crippen molar-refractivity contribution in [2.75, 3.05) is 0 Å². The van der Waals surface area contributed by atoms with Crippen molar-refractivity contribution >= 4 is 0 Å². The number of benzene rings is 1. The Balaban J connectivity index is 1.83. The zero-order chi connectivity index (χ0) is 13.5. The lowest BCUT2D eigenvalue weighted by molar-refractivity contribution is 0.297. The maximum absolute atomic E-state index is 5.78. The Morgan fingerprint density at radius 3 is 3.00 bits per heavy atom. The SMILES string of the molecule is Cc1cc(-c2nnc3n2Cc2ccccc2OC3)n[nH]1. The lowest BCUT2D eigenvalue weighted by atomic mass is 10.2. The summed E-state index contributed by atoms with van der Waals surface area (Å²) in [5, 5.41) is 15.7. The Hall–Kier alpha value is -2.63. The van der Waals surface area contributed by atoms with E-state index in [0.717, 1.165) is 34.3 Å². The number of aromatic nitrogens is 5. The Bertz CT molecular complexity index is 773. The van der Waals surface area contributed by atoms with Crippen LogP contribution in [0.25, 0.3) is 11.5 Å². The molecule has 6 nitrogen and oxygen atoms in total. The van der Waals surface area contributed by atoms with Gasteiger partial charge >= 0.3 is 0 Å². The molecule has 0 atom stereocenters. The number of hydrogen-bond acceptors (Lipinski definition) is 4. The summed E-state index contributed by atoms with van der Waals surface area (Å²) in [6.45, 7) is 3.09. The highest BCUT2D eigenvalue weighted by Crippen LogP contribution is 2.27. The average molecular weight is 267 g/mol. The molecule has 4 rings (SSSR count). The molecule has 2 aromatic heterocycles. The molecule has 3 heterocycles. The number of rotatable bonds is 1. The number of hydrogen-bond donors (Lipinski definition) is 1. The highest BCUT2D eigenvalue weighted by Gasteiger charge is 2.20. The van der Waals surface area contributed by atoms with Crippen LogP contribution < -0.4 is 4.74 Å². The van der Waals surface area contributed by atoms with Crippen LogP contribution in [-0.4, -0.2) is 25.0 Å². The molecule has 0 amide bonds. The molecule has 0 bridgehead atoms.